The van der Waals surface area contributed by atoms with Gasteiger partial charge in [0.25, 0.3) is 0 Å². The van der Waals surface area contributed by atoms with E-state index in [2.05, 4.69) is 21.2 Å². The summed E-state index contributed by atoms with van der Waals surface area (Å²) in [6.45, 7) is 4.79. The van der Waals surface area contributed by atoms with Gasteiger partial charge in [0, 0.05) is 22.9 Å². The van der Waals surface area contributed by atoms with E-state index in [9.17, 15) is 9.59 Å². The second-order valence-electron chi connectivity index (χ2n) is 5.33. The number of hydrogen-bond acceptors (Lipinski definition) is 3. The van der Waals surface area contributed by atoms with Gasteiger partial charge >= 0.3 is 0 Å². The number of hydrogen-bond donors (Lipinski definition) is 1. The number of carbonyl (C=O) groups is 2. The van der Waals surface area contributed by atoms with Crippen molar-refractivity contribution in [3.8, 4) is 0 Å². The van der Waals surface area contributed by atoms with Crippen molar-refractivity contribution in [1.29, 1.82) is 0 Å². The normalized spacial score (nSPS) is 26.4. The van der Waals surface area contributed by atoms with Crippen LogP contribution in [-0.2, 0) is 14.3 Å². The average Bonchev–Trinajstić information content (AvgIpc) is 2.37. The van der Waals surface area contributed by atoms with Gasteiger partial charge in [-0.05, 0) is 18.6 Å². The van der Waals surface area contributed by atoms with Crippen LogP contribution in [0.4, 0.5) is 0 Å². The van der Waals surface area contributed by atoms with Crippen LogP contribution >= 0.6 is 15.9 Å². The second kappa shape index (κ2) is 6.06. The maximum Gasteiger partial charge on any atom is 0.234 e. The van der Waals surface area contributed by atoms with Crippen molar-refractivity contribution < 1.29 is 14.3 Å². The lowest BCUT2D eigenvalue weighted by Gasteiger charge is -2.40. The third-order valence-corrected chi connectivity index (χ3v) is 4.36. The van der Waals surface area contributed by atoms with E-state index in [1.54, 1.807) is 0 Å². The van der Waals surface area contributed by atoms with Crippen molar-refractivity contribution in [2.75, 3.05) is 13.2 Å². The minimum Gasteiger partial charge on any atom is -0.381 e. The number of imide groups is 1. The predicted molar refractivity (Wildman–Crippen MR) is 79.2 cm³/mol. The molecule has 1 N–H and O–H groups in total. The number of halogens is 1. The molecule has 4 nitrogen and oxygen atoms in total. The van der Waals surface area contributed by atoms with Crippen molar-refractivity contribution in [1.82, 2.24) is 5.32 Å². The zero-order valence-corrected chi connectivity index (χ0v) is 13.2. The highest BCUT2D eigenvalue weighted by Crippen LogP contribution is 2.44. The summed E-state index contributed by atoms with van der Waals surface area (Å²) in [5.74, 6) is -0.891. The number of rotatable bonds is 4. The van der Waals surface area contributed by atoms with E-state index in [4.69, 9.17) is 4.74 Å². The first-order valence-electron chi connectivity index (χ1n) is 6.64. The van der Waals surface area contributed by atoms with E-state index in [1.807, 2.05) is 38.1 Å². The molecule has 2 amide bonds. The molecular formula is C15H18BrNO3. The highest BCUT2D eigenvalue weighted by Gasteiger charge is 2.46. The van der Waals surface area contributed by atoms with E-state index < -0.39 is 11.3 Å². The van der Waals surface area contributed by atoms with Gasteiger partial charge < -0.3 is 4.74 Å². The summed E-state index contributed by atoms with van der Waals surface area (Å²) in [6, 6.07) is 7.61. The zero-order chi connectivity index (χ0) is 14.8. The molecule has 2 unspecified atom stereocenters. The van der Waals surface area contributed by atoms with Gasteiger partial charge in [-0.3, -0.25) is 14.9 Å². The molecule has 2 atom stereocenters. The van der Waals surface area contributed by atoms with Gasteiger partial charge in [0.2, 0.25) is 11.8 Å². The summed E-state index contributed by atoms with van der Waals surface area (Å²) in [5.41, 5.74) is 0.360. The van der Waals surface area contributed by atoms with Crippen LogP contribution in [0.1, 0.15) is 31.7 Å². The predicted octanol–water partition coefficient (Wildman–Crippen LogP) is 2.62. The topological polar surface area (TPSA) is 55.4 Å². The maximum absolute atomic E-state index is 12.3. The van der Waals surface area contributed by atoms with Crippen molar-refractivity contribution in [2.24, 2.45) is 5.41 Å². The summed E-state index contributed by atoms with van der Waals surface area (Å²) in [6.07, 6.45) is 0.282. The van der Waals surface area contributed by atoms with Crippen LogP contribution in [0.25, 0.3) is 0 Å². The van der Waals surface area contributed by atoms with Gasteiger partial charge in [0.15, 0.2) is 0 Å². The summed E-state index contributed by atoms with van der Waals surface area (Å²) in [7, 11) is 0. The lowest BCUT2D eigenvalue weighted by Crippen LogP contribution is -2.51. The molecule has 2 rings (SSSR count). The Balaban J connectivity index is 2.42. The lowest BCUT2D eigenvalue weighted by molar-refractivity contribution is -0.141. The van der Waals surface area contributed by atoms with Gasteiger partial charge in [0.1, 0.15) is 0 Å². The first-order chi connectivity index (χ1) is 9.48. The summed E-state index contributed by atoms with van der Waals surface area (Å²) < 4.78 is 6.39. The van der Waals surface area contributed by atoms with Crippen LogP contribution in [0, 0.1) is 5.41 Å². The highest BCUT2D eigenvalue weighted by molar-refractivity contribution is 9.10. The Bertz CT molecular complexity index is 532. The first kappa shape index (κ1) is 15.2. The number of ether oxygens (including phenoxy) is 1. The summed E-state index contributed by atoms with van der Waals surface area (Å²) >= 11 is 3.49. The number of amides is 2. The summed E-state index contributed by atoms with van der Waals surface area (Å²) in [4.78, 5) is 24.0. The van der Waals surface area contributed by atoms with E-state index in [0.29, 0.717) is 13.2 Å². The number of benzene rings is 1. The molecule has 1 saturated heterocycles. The standard InChI is InChI=1S/C15H18BrNO3/c1-3-20-9-15(2)8-12(18)17-14(19)13(15)10-6-4-5-7-11(10)16/h4-7,13H,3,8-9H2,1-2H3,(H,17,18,19). The van der Waals surface area contributed by atoms with Crippen LogP contribution in [0.3, 0.4) is 0 Å². The minimum atomic E-state index is -0.528. The Morgan fingerprint density at radius 1 is 1.40 bits per heavy atom. The van der Waals surface area contributed by atoms with Gasteiger partial charge in [0.05, 0.1) is 12.5 Å². The Morgan fingerprint density at radius 3 is 2.75 bits per heavy atom. The third kappa shape index (κ3) is 2.94. The SMILES string of the molecule is CCOCC1(C)CC(=O)NC(=O)C1c1ccccc1Br. The van der Waals surface area contributed by atoms with E-state index in [-0.39, 0.29) is 18.2 Å². The number of carbonyl (C=O) groups excluding carboxylic acids is 2. The number of piperidine rings is 1. The first-order valence-corrected chi connectivity index (χ1v) is 7.43. The molecule has 1 aliphatic rings. The molecule has 0 saturated carbocycles. The fourth-order valence-corrected chi connectivity index (χ4v) is 3.25. The molecule has 0 aromatic heterocycles. The molecule has 108 valence electrons. The Kier molecular flexibility index (Phi) is 4.60. The Labute approximate surface area is 127 Å². The summed E-state index contributed by atoms with van der Waals surface area (Å²) in [5, 5.41) is 2.43. The third-order valence-electron chi connectivity index (χ3n) is 3.64. The fourth-order valence-electron chi connectivity index (χ4n) is 2.73. The Hall–Kier alpha value is -1.20. The zero-order valence-electron chi connectivity index (χ0n) is 11.6. The van der Waals surface area contributed by atoms with E-state index in [0.717, 1.165) is 10.0 Å². The van der Waals surface area contributed by atoms with Crippen LogP contribution in [0.5, 0.6) is 0 Å². The molecule has 1 aromatic carbocycles. The molecule has 0 bridgehead atoms. The smallest absolute Gasteiger partial charge is 0.234 e. The number of nitrogens with one attached hydrogen (secondary N) is 1. The monoisotopic (exact) mass is 339 g/mol. The molecule has 1 aromatic rings. The molecule has 0 radical (unpaired) electrons. The molecule has 0 aliphatic carbocycles. The van der Waals surface area contributed by atoms with Gasteiger partial charge in [-0.15, -0.1) is 0 Å². The molecule has 20 heavy (non-hydrogen) atoms. The van der Waals surface area contributed by atoms with Gasteiger partial charge in [-0.25, -0.2) is 0 Å². The van der Waals surface area contributed by atoms with E-state index in [1.165, 1.54) is 0 Å². The Morgan fingerprint density at radius 2 is 2.10 bits per heavy atom. The minimum absolute atomic E-state index is 0.236. The van der Waals surface area contributed by atoms with Crippen LogP contribution in [0.15, 0.2) is 28.7 Å². The highest BCUT2D eigenvalue weighted by atomic mass is 79.9. The van der Waals surface area contributed by atoms with Crippen molar-refractivity contribution in [3.05, 3.63) is 34.3 Å². The molecule has 1 fully saturated rings. The maximum atomic E-state index is 12.3. The lowest BCUT2D eigenvalue weighted by atomic mass is 9.69. The van der Waals surface area contributed by atoms with Crippen molar-refractivity contribution in [3.63, 3.8) is 0 Å². The molecular weight excluding hydrogens is 322 g/mol. The molecule has 1 heterocycles. The van der Waals surface area contributed by atoms with Gasteiger partial charge in [-0.1, -0.05) is 41.1 Å². The molecule has 5 heteroatoms. The molecule has 1 aliphatic heterocycles. The van der Waals surface area contributed by atoms with Gasteiger partial charge in [-0.2, -0.15) is 0 Å². The second-order valence-corrected chi connectivity index (χ2v) is 6.19. The van der Waals surface area contributed by atoms with Crippen LogP contribution < -0.4 is 5.32 Å². The molecule has 0 spiro atoms. The van der Waals surface area contributed by atoms with Crippen molar-refractivity contribution in [2.45, 2.75) is 26.2 Å². The average molecular weight is 340 g/mol. The largest absolute Gasteiger partial charge is 0.381 e. The van der Waals surface area contributed by atoms with Crippen LogP contribution in [0.2, 0.25) is 0 Å². The van der Waals surface area contributed by atoms with Crippen LogP contribution in [-0.4, -0.2) is 25.0 Å². The quantitative estimate of drug-likeness (QED) is 0.858. The fraction of sp³-hybridized carbons (Fsp3) is 0.467. The van der Waals surface area contributed by atoms with Crippen molar-refractivity contribution >= 4 is 27.7 Å². The van der Waals surface area contributed by atoms with E-state index >= 15 is 0 Å².